The lowest BCUT2D eigenvalue weighted by atomic mass is 10.2. The minimum absolute atomic E-state index is 0.221. The Labute approximate surface area is 116 Å². The largest absolute Gasteiger partial charge is 0.374 e. The average Bonchev–Trinajstić information content (AvgIpc) is 2.83. The Morgan fingerprint density at radius 1 is 1.35 bits per heavy atom. The van der Waals surface area contributed by atoms with Crippen LogP contribution in [-0.4, -0.2) is 21.1 Å². The first-order valence-electron chi connectivity index (χ1n) is 6.42. The number of alkyl halides is 2. The summed E-state index contributed by atoms with van der Waals surface area (Å²) in [7, 11) is 0. The number of imidazole rings is 1. The molecule has 0 unspecified atom stereocenters. The summed E-state index contributed by atoms with van der Waals surface area (Å²) in [5.41, 5.74) is 0.348. The highest BCUT2D eigenvalue weighted by atomic mass is 19.3. The minimum Gasteiger partial charge on any atom is -0.374 e. The first-order chi connectivity index (χ1) is 9.50. The zero-order valence-corrected chi connectivity index (χ0v) is 11.5. The highest BCUT2D eigenvalue weighted by molar-refractivity contribution is 5.15. The fourth-order valence-corrected chi connectivity index (χ4v) is 1.80. The van der Waals surface area contributed by atoms with Crippen LogP contribution in [0.1, 0.15) is 31.1 Å². The number of ether oxygens (including phenoxy) is 1. The molecule has 0 aromatic carbocycles. The Kier molecular flexibility index (Phi) is 4.44. The molecule has 2 rings (SSSR count). The molecule has 0 bridgehead atoms. The molecule has 0 aliphatic rings. The highest BCUT2D eigenvalue weighted by Gasteiger charge is 2.26. The lowest BCUT2D eigenvalue weighted by Gasteiger charge is -2.12. The van der Waals surface area contributed by atoms with E-state index < -0.39 is 5.92 Å². The lowest BCUT2D eigenvalue weighted by Crippen LogP contribution is -2.13. The van der Waals surface area contributed by atoms with Crippen LogP contribution in [0.2, 0.25) is 0 Å². The van der Waals surface area contributed by atoms with Gasteiger partial charge in [-0.25, -0.2) is 9.97 Å². The number of halogens is 2. The van der Waals surface area contributed by atoms with Gasteiger partial charge in [0.25, 0.3) is 5.92 Å². The topological polar surface area (TPSA) is 39.9 Å². The monoisotopic (exact) mass is 281 g/mol. The summed E-state index contributed by atoms with van der Waals surface area (Å²) in [6.07, 6.45) is 3.44. The van der Waals surface area contributed by atoms with Crippen molar-refractivity contribution in [2.75, 3.05) is 6.61 Å². The van der Waals surface area contributed by atoms with Crippen molar-refractivity contribution in [3.63, 3.8) is 0 Å². The number of aromatic nitrogens is 3. The van der Waals surface area contributed by atoms with E-state index in [4.69, 9.17) is 4.74 Å². The van der Waals surface area contributed by atoms with Crippen molar-refractivity contribution in [2.24, 2.45) is 0 Å². The van der Waals surface area contributed by atoms with E-state index in [0.717, 1.165) is 12.7 Å². The summed E-state index contributed by atoms with van der Waals surface area (Å²) >= 11 is 0. The minimum atomic E-state index is -2.93. The smallest absolute Gasteiger partial charge is 0.286 e. The van der Waals surface area contributed by atoms with E-state index in [1.165, 1.54) is 6.07 Å². The fourth-order valence-electron chi connectivity index (χ4n) is 1.80. The van der Waals surface area contributed by atoms with Gasteiger partial charge in [-0.2, -0.15) is 8.78 Å². The molecule has 0 saturated heterocycles. The van der Waals surface area contributed by atoms with Gasteiger partial charge in [-0.05, 0) is 19.1 Å². The van der Waals surface area contributed by atoms with E-state index in [1.54, 1.807) is 24.5 Å². The zero-order chi connectivity index (χ0) is 14.6. The maximum atomic E-state index is 13.3. The third-order valence-corrected chi connectivity index (χ3v) is 2.83. The van der Waals surface area contributed by atoms with E-state index in [0.29, 0.717) is 25.5 Å². The lowest BCUT2D eigenvalue weighted by molar-refractivity contribution is 0.0125. The molecule has 0 atom stereocenters. The van der Waals surface area contributed by atoms with Crippen LogP contribution in [-0.2, 0) is 23.8 Å². The Balaban J connectivity index is 2.16. The van der Waals surface area contributed by atoms with Gasteiger partial charge >= 0.3 is 0 Å². The van der Waals surface area contributed by atoms with Gasteiger partial charge < -0.3 is 9.30 Å². The van der Waals surface area contributed by atoms with Crippen molar-refractivity contribution in [3.05, 3.63) is 47.8 Å². The van der Waals surface area contributed by atoms with Gasteiger partial charge in [0, 0.05) is 25.9 Å². The van der Waals surface area contributed by atoms with Crippen LogP contribution in [0.15, 0.2) is 30.6 Å². The Hall–Kier alpha value is -1.82. The summed E-state index contributed by atoms with van der Waals surface area (Å²) < 4.78 is 33.7. The zero-order valence-electron chi connectivity index (χ0n) is 11.5. The van der Waals surface area contributed by atoms with E-state index >= 15 is 0 Å². The van der Waals surface area contributed by atoms with Crippen molar-refractivity contribution in [3.8, 4) is 0 Å². The molecule has 0 fully saturated rings. The third kappa shape index (κ3) is 3.60. The molecular formula is C14H17F2N3O. The van der Waals surface area contributed by atoms with Gasteiger partial charge in [0.2, 0.25) is 0 Å². The van der Waals surface area contributed by atoms with Gasteiger partial charge in [0.05, 0.1) is 12.2 Å². The molecule has 2 aromatic heterocycles. The fraction of sp³-hybridized carbons (Fsp3) is 0.429. The van der Waals surface area contributed by atoms with Crippen molar-refractivity contribution in [1.29, 1.82) is 0 Å². The Morgan fingerprint density at radius 2 is 2.15 bits per heavy atom. The predicted molar refractivity (Wildman–Crippen MR) is 70.5 cm³/mol. The summed E-state index contributed by atoms with van der Waals surface area (Å²) in [4.78, 5) is 8.18. The van der Waals surface area contributed by atoms with E-state index in [2.05, 4.69) is 9.97 Å². The second kappa shape index (κ2) is 6.09. The molecule has 2 heterocycles. The molecule has 2 aromatic rings. The molecule has 108 valence electrons. The number of hydrogen-bond acceptors (Lipinski definition) is 3. The summed E-state index contributed by atoms with van der Waals surface area (Å²) in [5.74, 6) is -2.18. The highest BCUT2D eigenvalue weighted by Crippen LogP contribution is 2.25. The van der Waals surface area contributed by atoms with Crippen LogP contribution in [0.3, 0.4) is 0 Å². The molecule has 0 spiro atoms. The SMILES string of the molecule is CCOCc1nccn1Cc1cccc(C(C)(F)F)n1. The molecule has 0 aliphatic heterocycles. The standard InChI is InChI=1S/C14H17F2N3O/c1-3-20-10-13-17-7-8-19(13)9-11-5-4-6-12(18-11)14(2,15)16/h4-8H,3,9-10H2,1-2H3. The van der Waals surface area contributed by atoms with Crippen LogP contribution >= 0.6 is 0 Å². The molecule has 0 aliphatic carbocycles. The van der Waals surface area contributed by atoms with Crippen molar-refractivity contribution in [2.45, 2.75) is 32.9 Å². The number of hydrogen-bond donors (Lipinski definition) is 0. The second-order valence-electron chi connectivity index (χ2n) is 4.51. The number of rotatable bonds is 6. The Bertz CT molecular complexity index is 564. The normalized spacial score (nSPS) is 11.8. The van der Waals surface area contributed by atoms with E-state index in [1.807, 2.05) is 11.5 Å². The molecule has 0 amide bonds. The summed E-state index contributed by atoms with van der Waals surface area (Å²) in [5, 5.41) is 0. The number of pyridine rings is 1. The molecule has 6 heteroatoms. The second-order valence-corrected chi connectivity index (χ2v) is 4.51. The molecule has 0 radical (unpaired) electrons. The summed E-state index contributed by atoms with van der Waals surface area (Å²) in [6, 6.07) is 4.65. The van der Waals surface area contributed by atoms with Crippen molar-refractivity contribution >= 4 is 0 Å². The number of nitrogens with zero attached hydrogens (tertiary/aromatic N) is 3. The predicted octanol–water partition coefficient (Wildman–Crippen LogP) is 2.97. The van der Waals surface area contributed by atoms with Gasteiger partial charge in [-0.3, -0.25) is 0 Å². The average molecular weight is 281 g/mol. The first-order valence-corrected chi connectivity index (χ1v) is 6.42. The first kappa shape index (κ1) is 14.6. The van der Waals surface area contributed by atoms with Gasteiger partial charge in [-0.15, -0.1) is 0 Å². The van der Waals surface area contributed by atoms with E-state index in [9.17, 15) is 8.78 Å². The summed E-state index contributed by atoms with van der Waals surface area (Å²) in [6.45, 7) is 4.14. The van der Waals surface area contributed by atoms with Crippen LogP contribution in [0, 0.1) is 0 Å². The third-order valence-electron chi connectivity index (χ3n) is 2.83. The molecule has 0 N–H and O–H groups in total. The molecule has 4 nitrogen and oxygen atoms in total. The van der Waals surface area contributed by atoms with Crippen LogP contribution in [0.5, 0.6) is 0 Å². The van der Waals surface area contributed by atoms with Crippen molar-refractivity contribution in [1.82, 2.24) is 14.5 Å². The van der Waals surface area contributed by atoms with Gasteiger partial charge in [-0.1, -0.05) is 6.07 Å². The Morgan fingerprint density at radius 3 is 2.85 bits per heavy atom. The molecule has 20 heavy (non-hydrogen) atoms. The quantitative estimate of drug-likeness (QED) is 0.817. The molecule has 0 saturated carbocycles. The van der Waals surface area contributed by atoms with Crippen LogP contribution in [0.4, 0.5) is 8.78 Å². The van der Waals surface area contributed by atoms with Gasteiger partial charge in [0.15, 0.2) is 0 Å². The van der Waals surface area contributed by atoms with E-state index in [-0.39, 0.29) is 5.69 Å². The van der Waals surface area contributed by atoms with Crippen LogP contribution < -0.4 is 0 Å². The van der Waals surface area contributed by atoms with Gasteiger partial charge in [0.1, 0.15) is 18.1 Å². The maximum absolute atomic E-state index is 13.3. The molecular weight excluding hydrogens is 264 g/mol. The van der Waals surface area contributed by atoms with Crippen LogP contribution in [0.25, 0.3) is 0 Å². The maximum Gasteiger partial charge on any atom is 0.286 e. The van der Waals surface area contributed by atoms with Crippen molar-refractivity contribution < 1.29 is 13.5 Å².